The van der Waals surface area contributed by atoms with Crippen LogP contribution < -0.4 is 5.32 Å². The molecular formula is C13H24N2OS. The smallest absolute Gasteiger partial charge is 0.240 e. The quantitative estimate of drug-likeness (QED) is 0.816. The van der Waals surface area contributed by atoms with Gasteiger partial charge in [-0.2, -0.15) is 11.8 Å². The molecule has 2 aliphatic rings. The molecule has 2 fully saturated rings. The highest BCUT2D eigenvalue weighted by Crippen LogP contribution is 2.28. The number of nitrogens with one attached hydrogen (secondary N) is 1. The molecule has 3 atom stereocenters. The maximum Gasteiger partial charge on any atom is 0.240 e. The summed E-state index contributed by atoms with van der Waals surface area (Å²) in [5.41, 5.74) is 0. The maximum absolute atomic E-state index is 12.4. The first-order valence-electron chi connectivity index (χ1n) is 6.78. The zero-order chi connectivity index (χ0) is 12.3. The summed E-state index contributed by atoms with van der Waals surface area (Å²) in [6, 6.07) is 0.512. The van der Waals surface area contributed by atoms with Gasteiger partial charge in [-0.15, -0.1) is 0 Å². The summed E-state index contributed by atoms with van der Waals surface area (Å²) in [6.45, 7) is 3.26. The average molecular weight is 256 g/mol. The van der Waals surface area contributed by atoms with Crippen molar-refractivity contribution in [2.45, 2.75) is 44.7 Å². The lowest BCUT2D eigenvalue weighted by molar-refractivity contribution is -0.135. The Hall–Kier alpha value is -0.220. The standard InChI is InChI=1S/C13H24N2OS/c1-10-5-3-4-6-12(10)15(2)13(16)11-9-17-8-7-14-11/h10-12,14H,3-9H2,1-2H3. The van der Waals surface area contributed by atoms with E-state index < -0.39 is 0 Å². The summed E-state index contributed by atoms with van der Waals surface area (Å²) in [4.78, 5) is 14.4. The Balaban J connectivity index is 1.92. The highest BCUT2D eigenvalue weighted by Gasteiger charge is 2.31. The van der Waals surface area contributed by atoms with E-state index >= 15 is 0 Å². The van der Waals surface area contributed by atoms with Crippen molar-refractivity contribution in [2.24, 2.45) is 5.92 Å². The second-order valence-corrected chi connectivity index (χ2v) is 6.51. The molecule has 0 aromatic rings. The molecule has 4 heteroatoms. The van der Waals surface area contributed by atoms with Crippen molar-refractivity contribution in [3.05, 3.63) is 0 Å². The second-order valence-electron chi connectivity index (χ2n) is 5.36. The van der Waals surface area contributed by atoms with Gasteiger partial charge in [-0.3, -0.25) is 4.79 Å². The summed E-state index contributed by atoms with van der Waals surface area (Å²) < 4.78 is 0. The first-order chi connectivity index (χ1) is 8.20. The number of carbonyl (C=O) groups is 1. The normalized spacial score (nSPS) is 34.4. The van der Waals surface area contributed by atoms with Crippen molar-refractivity contribution in [3.63, 3.8) is 0 Å². The fourth-order valence-electron chi connectivity index (χ4n) is 3.01. The molecule has 0 aromatic heterocycles. The average Bonchev–Trinajstić information content (AvgIpc) is 2.39. The number of amides is 1. The van der Waals surface area contributed by atoms with Crippen molar-refractivity contribution < 1.29 is 4.79 Å². The third-order valence-electron chi connectivity index (χ3n) is 4.13. The largest absolute Gasteiger partial charge is 0.341 e. The lowest BCUT2D eigenvalue weighted by Gasteiger charge is -2.38. The highest BCUT2D eigenvalue weighted by molar-refractivity contribution is 7.99. The van der Waals surface area contributed by atoms with Crippen molar-refractivity contribution in [1.82, 2.24) is 10.2 Å². The van der Waals surface area contributed by atoms with Crippen LogP contribution in [0.1, 0.15) is 32.6 Å². The van der Waals surface area contributed by atoms with E-state index in [1.807, 2.05) is 23.7 Å². The molecule has 1 saturated heterocycles. The molecule has 17 heavy (non-hydrogen) atoms. The SMILES string of the molecule is CC1CCCCC1N(C)C(=O)C1CSCCN1. The predicted octanol–water partition coefficient (Wildman–Crippen LogP) is 1.73. The minimum absolute atomic E-state index is 0.0490. The molecule has 98 valence electrons. The Kier molecular flexibility index (Phi) is 4.74. The first-order valence-corrected chi connectivity index (χ1v) is 7.93. The topological polar surface area (TPSA) is 32.3 Å². The van der Waals surface area contributed by atoms with Crippen molar-refractivity contribution in [1.29, 1.82) is 0 Å². The summed E-state index contributed by atoms with van der Waals surface area (Å²) in [7, 11) is 2.00. The molecular weight excluding hydrogens is 232 g/mol. The minimum Gasteiger partial charge on any atom is -0.341 e. The Morgan fingerprint density at radius 1 is 1.35 bits per heavy atom. The molecule has 0 bridgehead atoms. The van der Waals surface area contributed by atoms with Gasteiger partial charge in [-0.25, -0.2) is 0 Å². The number of hydrogen-bond acceptors (Lipinski definition) is 3. The van der Waals surface area contributed by atoms with Crippen molar-refractivity contribution >= 4 is 17.7 Å². The number of thioether (sulfide) groups is 1. The number of carbonyl (C=O) groups excluding carboxylic acids is 1. The van der Waals surface area contributed by atoms with Gasteiger partial charge in [0.2, 0.25) is 5.91 Å². The molecule has 1 aliphatic carbocycles. The van der Waals surface area contributed by atoms with E-state index in [0.717, 1.165) is 18.1 Å². The van der Waals surface area contributed by atoms with E-state index in [2.05, 4.69) is 12.2 Å². The van der Waals surface area contributed by atoms with Crippen molar-refractivity contribution in [2.75, 3.05) is 25.1 Å². The highest BCUT2D eigenvalue weighted by atomic mass is 32.2. The Labute approximate surface area is 109 Å². The Morgan fingerprint density at radius 2 is 2.12 bits per heavy atom. The van der Waals surface area contributed by atoms with Crippen LogP contribution in [0.3, 0.4) is 0 Å². The van der Waals surface area contributed by atoms with Crippen LogP contribution in [-0.2, 0) is 4.79 Å². The van der Waals surface area contributed by atoms with Crippen molar-refractivity contribution in [3.8, 4) is 0 Å². The Bertz CT molecular complexity index is 266. The predicted molar refractivity (Wildman–Crippen MR) is 73.3 cm³/mol. The van der Waals surface area contributed by atoms with Crippen LogP contribution in [0.4, 0.5) is 0 Å². The van der Waals surface area contributed by atoms with Crippen LogP contribution in [0.2, 0.25) is 0 Å². The Morgan fingerprint density at radius 3 is 2.76 bits per heavy atom. The zero-order valence-corrected chi connectivity index (χ0v) is 11.8. The molecule has 0 spiro atoms. The monoisotopic (exact) mass is 256 g/mol. The van der Waals surface area contributed by atoms with E-state index in [1.54, 1.807) is 0 Å². The first kappa shape index (κ1) is 13.2. The fraction of sp³-hybridized carbons (Fsp3) is 0.923. The molecule has 0 aromatic carbocycles. The fourth-order valence-corrected chi connectivity index (χ4v) is 3.93. The zero-order valence-electron chi connectivity index (χ0n) is 10.9. The van der Waals surface area contributed by atoms with E-state index in [4.69, 9.17) is 0 Å². The van der Waals surface area contributed by atoms with Crippen LogP contribution in [0.5, 0.6) is 0 Å². The molecule has 1 amide bonds. The minimum atomic E-state index is 0.0490. The van der Waals surface area contributed by atoms with Gasteiger partial charge < -0.3 is 10.2 Å². The van der Waals surface area contributed by atoms with Gasteiger partial charge in [0.05, 0.1) is 6.04 Å². The van der Waals surface area contributed by atoms with Crippen LogP contribution in [0.15, 0.2) is 0 Å². The number of likely N-dealkylation sites (N-methyl/N-ethyl adjacent to an activating group) is 1. The van der Waals surface area contributed by atoms with Crippen LogP contribution in [-0.4, -0.2) is 48.0 Å². The van der Waals surface area contributed by atoms with Gasteiger partial charge in [0.1, 0.15) is 0 Å². The third-order valence-corrected chi connectivity index (χ3v) is 5.19. The summed E-state index contributed by atoms with van der Waals surface area (Å²) in [6.07, 6.45) is 5.06. The molecule has 1 aliphatic heterocycles. The molecule has 3 nitrogen and oxygen atoms in total. The molecule has 1 N–H and O–H groups in total. The van der Waals surface area contributed by atoms with Gasteiger partial charge in [0.15, 0.2) is 0 Å². The van der Waals surface area contributed by atoms with Gasteiger partial charge >= 0.3 is 0 Å². The number of rotatable bonds is 2. The summed E-state index contributed by atoms with van der Waals surface area (Å²) in [5, 5.41) is 3.34. The van der Waals surface area contributed by atoms with Gasteiger partial charge in [-0.1, -0.05) is 19.8 Å². The molecule has 1 saturated carbocycles. The van der Waals surface area contributed by atoms with E-state index in [0.29, 0.717) is 17.9 Å². The van der Waals surface area contributed by atoms with E-state index in [9.17, 15) is 4.79 Å². The van der Waals surface area contributed by atoms with E-state index in [1.165, 1.54) is 25.7 Å². The lowest BCUT2D eigenvalue weighted by atomic mass is 9.85. The third kappa shape index (κ3) is 3.16. The molecule has 3 unspecified atom stereocenters. The molecule has 0 radical (unpaired) electrons. The molecule has 2 rings (SSSR count). The lowest BCUT2D eigenvalue weighted by Crippen LogP contribution is -2.53. The second kappa shape index (κ2) is 6.10. The number of nitrogens with zero attached hydrogens (tertiary/aromatic N) is 1. The summed E-state index contributed by atoms with van der Waals surface area (Å²) >= 11 is 1.89. The van der Waals surface area contributed by atoms with Gasteiger partial charge in [-0.05, 0) is 18.8 Å². The maximum atomic E-state index is 12.4. The molecule has 1 heterocycles. The summed E-state index contributed by atoms with van der Waals surface area (Å²) in [5.74, 6) is 3.03. The van der Waals surface area contributed by atoms with Gasteiger partial charge in [0, 0.05) is 31.1 Å². The van der Waals surface area contributed by atoms with Crippen LogP contribution in [0, 0.1) is 5.92 Å². The van der Waals surface area contributed by atoms with Gasteiger partial charge in [0.25, 0.3) is 0 Å². The van der Waals surface area contributed by atoms with Crippen LogP contribution in [0.25, 0.3) is 0 Å². The van der Waals surface area contributed by atoms with Crippen LogP contribution >= 0.6 is 11.8 Å². The number of hydrogen-bond donors (Lipinski definition) is 1. The van der Waals surface area contributed by atoms with E-state index in [-0.39, 0.29) is 6.04 Å².